The molecule has 3 N–H and O–H groups in total. The summed E-state index contributed by atoms with van der Waals surface area (Å²) in [5.74, 6) is -0.654. The molecule has 1 amide bonds. The molecule has 0 saturated carbocycles. The highest BCUT2D eigenvalue weighted by Gasteiger charge is 2.19. The van der Waals surface area contributed by atoms with Gasteiger partial charge in [0.1, 0.15) is 6.33 Å². The van der Waals surface area contributed by atoms with Gasteiger partial charge >= 0.3 is 0 Å². The summed E-state index contributed by atoms with van der Waals surface area (Å²) in [4.78, 5) is 34.1. The smallest absolute Gasteiger partial charge is 0.271 e. The molecule has 2 aromatic heterocycles. The number of fused-ring (bicyclic) bond motifs is 1. The van der Waals surface area contributed by atoms with Gasteiger partial charge in [-0.2, -0.15) is 0 Å². The lowest BCUT2D eigenvalue weighted by atomic mass is 9.94. The van der Waals surface area contributed by atoms with Crippen molar-refractivity contribution >= 4 is 17.6 Å². The zero-order chi connectivity index (χ0) is 25.2. The molecule has 4 aromatic rings. The Labute approximate surface area is 210 Å². The van der Waals surface area contributed by atoms with Crippen molar-refractivity contribution in [3.63, 3.8) is 0 Å². The minimum atomic E-state index is -0.654. The number of nitrogens with one attached hydrogen (secondary N) is 1. The van der Waals surface area contributed by atoms with Crippen molar-refractivity contribution in [1.82, 2.24) is 19.3 Å². The number of rotatable bonds is 6. The van der Waals surface area contributed by atoms with Crippen LogP contribution < -0.4 is 11.3 Å². The van der Waals surface area contributed by atoms with Gasteiger partial charge in [-0.3, -0.25) is 14.0 Å². The van der Waals surface area contributed by atoms with Crippen molar-refractivity contribution in [3.05, 3.63) is 98.9 Å². The lowest BCUT2D eigenvalue weighted by Crippen LogP contribution is -2.34. The number of hydrogen-bond donors (Lipinski definition) is 2. The Morgan fingerprint density at radius 3 is 2.53 bits per heavy atom. The van der Waals surface area contributed by atoms with E-state index in [0.29, 0.717) is 17.6 Å². The Morgan fingerprint density at radius 1 is 1.08 bits per heavy atom. The summed E-state index contributed by atoms with van der Waals surface area (Å²) in [5.41, 5.74) is 13.6. The van der Waals surface area contributed by atoms with Gasteiger partial charge in [0.05, 0.1) is 0 Å². The Morgan fingerprint density at radius 2 is 1.81 bits per heavy atom. The molecule has 1 fully saturated rings. The number of H-pyrrole nitrogens is 1. The number of likely N-dealkylation sites (tertiary alicyclic amines) is 1. The second-order valence-electron chi connectivity index (χ2n) is 9.56. The van der Waals surface area contributed by atoms with Crippen LogP contribution >= 0.6 is 0 Å². The average molecular weight is 482 g/mol. The maximum absolute atomic E-state index is 13.0. The Balaban J connectivity index is 1.26. The number of amides is 1. The van der Waals surface area contributed by atoms with Crippen LogP contribution in [-0.4, -0.2) is 44.8 Å². The van der Waals surface area contributed by atoms with Crippen LogP contribution in [0.3, 0.4) is 0 Å². The van der Waals surface area contributed by atoms with E-state index in [2.05, 4.69) is 76.4 Å². The lowest BCUT2D eigenvalue weighted by Gasteiger charge is -2.28. The van der Waals surface area contributed by atoms with Crippen LogP contribution in [0.1, 0.15) is 45.7 Å². The van der Waals surface area contributed by atoms with E-state index in [9.17, 15) is 9.59 Å². The quantitative estimate of drug-likeness (QED) is 0.433. The summed E-state index contributed by atoms with van der Waals surface area (Å²) in [5, 5.41) is 0. The first-order valence-corrected chi connectivity index (χ1v) is 12.4. The first kappa shape index (κ1) is 23.8. The zero-order valence-electron chi connectivity index (χ0n) is 20.8. The number of aryl methyl sites for hydroxylation is 2. The number of benzene rings is 2. The van der Waals surface area contributed by atoms with E-state index in [0.717, 1.165) is 38.2 Å². The first-order valence-electron chi connectivity index (χ1n) is 12.4. The molecule has 0 unspecified atom stereocenters. The Kier molecular flexibility index (Phi) is 6.57. The summed E-state index contributed by atoms with van der Waals surface area (Å²) >= 11 is 0. The summed E-state index contributed by atoms with van der Waals surface area (Å²) in [6, 6.07) is 17.3. The van der Waals surface area contributed by atoms with Crippen LogP contribution in [0.25, 0.3) is 22.9 Å². The number of aromatic amines is 1. The number of nitrogens with zero attached hydrogens (tertiary/aromatic N) is 3. The van der Waals surface area contributed by atoms with Gasteiger partial charge in [0.15, 0.2) is 11.3 Å². The first-order chi connectivity index (χ1) is 17.4. The molecule has 184 valence electrons. The third-order valence-corrected chi connectivity index (χ3v) is 7.10. The van der Waals surface area contributed by atoms with E-state index in [1.807, 2.05) is 6.92 Å². The fourth-order valence-electron chi connectivity index (χ4n) is 4.97. The van der Waals surface area contributed by atoms with Crippen LogP contribution in [-0.2, 0) is 6.42 Å². The van der Waals surface area contributed by atoms with E-state index in [-0.39, 0.29) is 11.3 Å². The number of aromatic nitrogens is 3. The molecule has 0 atom stereocenters. The van der Waals surface area contributed by atoms with Crippen molar-refractivity contribution in [2.75, 3.05) is 19.6 Å². The maximum Gasteiger partial charge on any atom is 0.271 e. The number of piperidine rings is 1. The molecule has 1 aliphatic heterocycles. The van der Waals surface area contributed by atoms with E-state index < -0.39 is 5.91 Å². The van der Waals surface area contributed by atoms with Crippen molar-refractivity contribution in [2.45, 2.75) is 33.1 Å². The second kappa shape index (κ2) is 9.95. The zero-order valence-corrected chi connectivity index (χ0v) is 20.8. The number of nitrogens with two attached hydrogens (primary N) is 1. The summed E-state index contributed by atoms with van der Waals surface area (Å²) in [6.45, 7) is 6.71. The van der Waals surface area contributed by atoms with Crippen molar-refractivity contribution < 1.29 is 4.79 Å². The lowest BCUT2D eigenvalue weighted by molar-refractivity contribution is 0.0997. The minimum absolute atomic E-state index is 0.0843. The summed E-state index contributed by atoms with van der Waals surface area (Å²) in [7, 11) is 0. The van der Waals surface area contributed by atoms with Crippen LogP contribution in [0, 0.1) is 13.8 Å². The largest absolute Gasteiger partial charge is 0.364 e. The Hall–Kier alpha value is -3.97. The summed E-state index contributed by atoms with van der Waals surface area (Å²) in [6.07, 6.45) is 6.38. The minimum Gasteiger partial charge on any atom is -0.364 e. The second-order valence-corrected chi connectivity index (χ2v) is 9.56. The fraction of sp³-hybridized carbons (Fsp3) is 0.276. The van der Waals surface area contributed by atoms with Gasteiger partial charge in [0, 0.05) is 30.9 Å². The van der Waals surface area contributed by atoms with E-state index in [4.69, 9.17) is 5.73 Å². The summed E-state index contributed by atoms with van der Waals surface area (Å²) < 4.78 is 1.38. The van der Waals surface area contributed by atoms with Crippen LogP contribution in [0.2, 0.25) is 0 Å². The third kappa shape index (κ3) is 4.75. The van der Waals surface area contributed by atoms with E-state index in [1.165, 1.54) is 38.6 Å². The molecule has 0 radical (unpaired) electrons. The van der Waals surface area contributed by atoms with Crippen molar-refractivity contribution in [3.8, 4) is 11.1 Å². The highest BCUT2D eigenvalue weighted by molar-refractivity contribution is 5.96. The molecule has 0 spiro atoms. The standard InChI is InChI=1S/C29H31N5O2/c1-19-7-9-22(10-8-19)25-6-4-3-5-23(25)17-21-11-14-33(15-12-21)16-13-24-20(2)32-28-26(27(30)35)31-18-34(28)29(24)36/h3-10,17-18,32H,11-16H2,1-2H3,(H2,30,35). The van der Waals surface area contributed by atoms with Gasteiger partial charge in [-0.1, -0.05) is 65.7 Å². The molecule has 0 aliphatic carbocycles. The number of primary amides is 1. The predicted octanol–water partition coefficient (Wildman–Crippen LogP) is 4.13. The number of imidazole rings is 1. The average Bonchev–Trinajstić information content (AvgIpc) is 3.30. The highest BCUT2D eigenvalue weighted by atomic mass is 16.1. The molecule has 1 aliphatic rings. The van der Waals surface area contributed by atoms with Crippen molar-refractivity contribution in [2.24, 2.45) is 5.73 Å². The number of carbonyl (C=O) groups is 1. The maximum atomic E-state index is 13.0. The normalized spacial score (nSPS) is 14.3. The van der Waals surface area contributed by atoms with Crippen LogP contribution in [0.4, 0.5) is 0 Å². The van der Waals surface area contributed by atoms with Crippen molar-refractivity contribution in [1.29, 1.82) is 0 Å². The molecular formula is C29H31N5O2. The third-order valence-electron chi connectivity index (χ3n) is 7.10. The number of carbonyl (C=O) groups excluding carboxylic acids is 1. The predicted molar refractivity (Wildman–Crippen MR) is 143 cm³/mol. The van der Waals surface area contributed by atoms with Gasteiger partial charge in [0.25, 0.3) is 11.5 Å². The number of hydrogen-bond acceptors (Lipinski definition) is 4. The van der Waals surface area contributed by atoms with Gasteiger partial charge in [-0.15, -0.1) is 0 Å². The van der Waals surface area contributed by atoms with Gasteiger partial charge in [0.2, 0.25) is 0 Å². The van der Waals surface area contributed by atoms with Gasteiger partial charge in [-0.05, 0) is 49.8 Å². The van der Waals surface area contributed by atoms with E-state index >= 15 is 0 Å². The molecule has 0 bridgehead atoms. The van der Waals surface area contributed by atoms with E-state index in [1.54, 1.807) is 0 Å². The van der Waals surface area contributed by atoms with Crippen LogP contribution in [0.5, 0.6) is 0 Å². The molecular weight excluding hydrogens is 450 g/mol. The van der Waals surface area contributed by atoms with Gasteiger partial charge < -0.3 is 15.6 Å². The molecule has 36 heavy (non-hydrogen) atoms. The monoisotopic (exact) mass is 481 g/mol. The fourth-order valence-corrected chi connectivity index (χ4v) is 4.97. The molecule has 7 nitrogen and oxygen atoms in total. The Bertz CT molecular complexity index is 1500. The molecule has 1 saturated heterocycles. The molecule has 3 heterocycles. The van der Waals surface area contributed by atoms with Gasteiger partial charge in [-0.25, -0.2) is 4.98 Å². The molecule has 2 aromatic carbocycles. The molecule has 7 heteroatoms. The van der Waals surface area contributed by atoms with Crippen LogP contribution in [0.15, 0.2) is 65.2 Å². The highest BCUT2D eigenvalue weighted by Crippen LogP contribution is 2.28. The topological polar surface area (TPSA) is 96.5 Å². The molecule has 5 rings (SSSR count). The SMILES string of the molecule is Cc1ccc(-c2ccccc2C=C2CCN(CCc3c(C)[nH]c4c(C(N)=O)ncn4c3=O)CC2)cc1.